The van der Waals surface area contributed by atoms with Crippen LogP contribution in [0.25, 0.3) is 0 Å². The standard InChI is InChI=1S/C14H20N4O4/c1-20-8-9-22-14(19)18-3-2-11-10-15-13(16-12(11)18)17-4-6-21-7-5-17/h10H,2-9H2,1H3. The summed E-state index contributed by atoms with van der Waals surface area (Å²) in [5.74, 6) is 1.29. The molecular formula is C14H20N4O4. The lowest BCUT2D eigenvalue weighted by atomic mass is 10.3. The van der Waals surface area contributed by atoms with Crippen molar-refractivity contribution in [3.05, 3.63) is 11.8 Å². The van der Waals surface area contributed by atoms with Gasteiger partial charge in [-0.3, -0.25) is 4.90 Å². The number of anilines is 2. The van der Waals surface area contributed by atoms with Gasteiger partial charge in [-0.05, 0) is 6.42 Å². The molecule has 1 amide bonds. The van der Waals surface area contributed by atoms with Crippen LogP contribution in [0.5, 0.6) is 0 Å². The summed E-state index contributed by atoms with van der Waals surface area (Å²) in [4.78, 5) is 24.7. The minimum Gasteiger partial charge on any atom is -0.447 e. The Morgan fingerprint density at radius 2 is 2.14 bits per heavy atom. The van der Waals surface area contributed by atoms with Crippen LogP contribution in [0.2, 0.25) is 0 Å². The SMILES string of the molecule is COCCOC(=O)N1CCc2cnc(N3CCOCC3)nc21. The molecular weight excluding hydrogens is 288 g/mol. The van der Waals surface area contributed by atoms with Crippen molar-refractivity contribution in [3.63, 3.8) is 0 Å². The van der Waals surface area contributed by atoms with E-state index in [1.165, 1.54) is 0 Å². The number of aromatic nitrogens is 2. The van der Waals surface area contributed by atoms with Crippen molar-refractivity contribution in [2.24, 2.45) is 0 Å². The van der Waals surface area contributed by atoms with Gasteiger partial charge in [0.1, 0.15) is 12.4 Å². The van der Waals surface area contributed by atoms with Crippen LogP contribution < -0.4 is 9.80 Å². The van der Waals surface area contributed by atoms with Gasteiger partial charge in [-0.15, -0.1) is 0 Å². The first kappa shape index (κ1) is 15.0. The fourth-order valence-electron chi connectivity index (χ4n) is 2.52. The van der Waals surface area contributed by atoms with Gasteiger partial charge < -0.3 is 19.1 Å². The largest absolute Gasteiger partial charge is 0.447 e. The number of ether oxygens (including phenoxy) is 3. The van der Waals surface area contributed by atoms with Gasteiger partial charge in [-0.25, -0.2) is 9.78 Å². The Kier molecular flexibility index (Phi) is 4.69. The first-order valence-corrected chi connectivity index (χ1v) is 7.41. The summed E-state index contributed by atoms with van der Waals surface area (Å²) in [6, 6.07) is 0. The number of fused-ring (bicyclic) bond motifs is 1. The molecule has 1 aromatic rings. The Hall–Kier alpha value is -1.93. The molecule has 0 N–H and O–H groups in total. The van der Waals surface area contributed by atoms with E-state index in [4.69, 9.17) is 14.2 Å². The molecule has 0 spiro atoms. The zero-order valence-corrected chi connectivity index (χ0v) is 12.7. The van der Waals surface area contributed by atoms with Crippen LogP contribution in [0.15, 0.2) is 6.20 Å². The Morgan fingerprint density at radius 1 is 1.32 bits per heavy atom. The van der Waals surface area contributed by atoms with Crippen molar-refractivity contribution in [1.82, 2.24) is 9.97 Å². The van der Waals surface area contributed by atoms with Gasteiger partial charge in [-0.2, -0.15) is 4.98 Å². The van der Waals surface area contributed by atoms with E-state index in [9.17, 15) is 4.79 Å². The number of amides is 1. The normalized spacial score (nSPS) is 17.5. The molecule has 2 aliphatic heterocycles. The second kappa shape index (κ2) is 6.89. The van der Waals surface area contributed by atoms with Gasteiger partial charge in [0.25, 0.3) is 0 Å². The quantitative estimate of drug-likeness (QED) is 0.748. The van der Waals surface area contributed by atoms with Gasteiger partial charge >= 0.3 is 6.09 Å². The van der Waals surface area contributed by atoms with Crippen LogP contribution >= 0.6 is 0 Å². The molecule has 3 rings (SSSR count). The number of rotatable bonds is 4. The maximum Gasteiger partial charge on any atom is 0.415 e. The molecule has 2 aliphatic rings. The second-order valence-corrected chi connectivity index (χ2v) is 5.13. The molecule has 0 atom stereocenters. The summed E-state index contributed by atoms with van der Waals surface area (Å²) in [5, 5.41) is 0. The summed E-state index contributed by atoms with van der Waals surface area (Å²) in [6.07, 6.45) is 2.16. The Balaban J connectivity index is 1.72. The molecule has 1 saturated heterocycles. The predicted octanol–water partition coefficient (Wildman–Crippen LogP) is 0.459. The molecule has 8 nitrogen and oxygen atoms in total. The molecule has 1 fully saturated rings. The van der Waals surface area contributed by atoms with Crippen LogP contribution in [0, 0.1) is 0 Å². The van der Waals surface area contributed by atoms with Gasteiger partial charge in [0.05, 0.1) is 19.8 Å². The molecule has 120 valence electrons. The molecule has 0 aliphatic carbocycles. The maximum absolute atomic E-state index is 12.1. The average molecular weight is 308 g/mol. The molecule has 0 unspecified atom stereocenters. The summed E-state index contributed by atoms with van der Waals surface area (Å²) >= 11 is 0. The predicted molar refractivity (Wildman–Crippen MR) is 79.3 cm³/mol. The Bertz CT molecular complexity index is 534. The highest BCUT2D eigenvalue weighted by Gasteiger charge is 2.29. The smallest absolute Gasteiger partial charge is 0.415 e. The van der Waals surface area contributed by atoms with E-state index in [0.29, 0.717) is 38.1 Å². The third-order valence-electron chi connectivity index (χ3n) is 3.72. The summed E-state index contributed by atoms with van der Waals surface area (Å²) in [5.41, 5.74) is 0.973. The van der Waals surface area contributed by atoms with Crippen molar-refractivity contribution >= 4 is 17.9 Å². The van der Waals surface area contributed by atoms with Gasteiger partial charge in [-0.1, -0.05) is 0 Å². The van der Waals surface area contributed by atoms with Crippen LogP contribution in [-0.2, 0) is 20.6 Å². The number of carbonyl (C=O) groups is 1. The topological polar surface area (TPSA) is 77.0 Å². The van der Waals surface area contributed by atoms with Crippen molar-refractivity contribution in [2.45, 2.75) is 6.42 Å². The maximum atomic E-state index is 12.1. The fraction of sp³-hybridized carbons (Fsp3) is 0.643. The average Bonchev–Trinajstić information content (AvgIpc) is 2.99. The Morgan fingerprint density at radius 3 is 2.91 bits per heavy atom. The second-order valence-electron chi connectivity index (χ2n) is 5.13. The minimum absolute atomic E-state index is 0.239. The van der Waals surface area contributed by atoms with E-state index in [0.717, 1.165) is 25.1 Å². The first-order valence-electron chi connectivity index (χ1n) is 7.41. The zero-order valence-electron chi connectivity index (χ0n) is 12.7. The summed E-state index contributed by atoms with van der Waals surface area (Å²) < 4.78 is 15.4. The number of carbonyl (C=O) groups excluding carboxylic acids is 1. The monoisotopic (exact) mass is 308 g/mol. The van der Waals surface area contributed by atoms with E-state index in [1.807, 2.05) is 0 Å². The van der Waals surface area contributed by atoms with E-state index in [2.05, 4.69) is 14.9 Å². The highest BCUT2D eigenvalue weighted by Crippen LogP contribution is 2.27. The lowest BCUT2D eigenvalue weighted by molar-refractivity contribution is 0.103. The van der Waals surface area contributed by atoms with Crippen molar-refractivity contribution in [1.29, 1.82) is 0 Å². The van der Waals surface area contributed by atoms with Crippen molar-refractivity contribution < 1.29 is 19.0 Å². The van der Waals surface area contributed by atoms with E-state index in [1.54, 1.807) is 18.2 Å². The summed E-state index contributed by atoms with van der Waals surface area (Å²) in [7, 11) is 1.57. The Labute approximate surface area is 129 Å². The summed E-state index contributed by atoms with van der Waals surface area (Å²) in [6.45, 7) is 4.06. The number of hydrogen-bond donors (Lipinski definition) is 0. The molecule has 8 heteroatoms. The minimum atomic E-state index is -0.387. The van der Waals surface area contributed by atoms with Crippen LogP contribution in [0.3, 0.4) is 0 Å². The van der Waals surface area contributed by atoms with Gasteiger partial charge in [0.15, 0.2) is 0 Å². The lowest BCUT2D eigenvalue weighted by Gasteiger charge is -2.27. The fourth-order valence-corrected chi connectivity index (χ4v) is 2.52. The van der Waals surface area contributed by atoms with Crippen LogP contribution in [0.4, 0.5) is 16.6 Å². The van der Waals surface area contributed by atoms with Crippen molar-refractivity contribution in [3.8, 4) is 0 Å². The highest BCUT2D eigenvalue weighted by atomic mass is 16.6. The third kappa shape index (κ3) is 3.12. The molecule has 0 aromatic carbocycles. The lowest BCUT2D eigenvalue weighted by Crippen LogP contribution is -2.38. The molecule has 0 bridgehead atoms. The number of hydrogen-bond acceptors (Lipinski definition) is 7. The highest BCUT2D eigenvalue weighted by molar-refractivity contribution is 5.89. The third-order valence-corrected chi connectivity index (χ3v) is 3.72. The van der Waals surface area contributed by atoms with E-state index in [-0.39, 0.29) is 12.7 Å². The molecule has 3 heterocycles. The van der Waals surface area contributed by atoms with Gasteiger partial charge in [0.2, 0.25) is 5.95 Å². The first-order chi connectivity index (χ1) is 10.8. The molecule has 0 saturated carbocycles. The van der Waals surface area contributed by atoms with Crippen LogP contribution in [-0.4, -0.2) is 69.2 Å². The molecule has 0 radical (unpaired) electrons. The molecule has 1 aromatic heterocycles. The zero-order chi connectivity index (χ0) is 15.4. The van der Waals surface area contributed by atoms with E-state index >= 15 is 0 Å². The molecule has 22 heavy (non-hydrogen) atoms. The van der Waals surface area contributed by atoms with Gasteiger partial charge in [0, 0.05) is 38.5 Å². The number of nitrogens with zero attached hydrogens (tertiary/aromatic N) is 4. The number of methoxy groups -OCH3 is 1. The number of morpholine rings is 1. The van der Waals surface area contributed by atoms with Crippen LogP contribution in [0.1, 0.15) is 5.56 Å². The van der Waals surface area contributed by atoms with Crippen molar-refractivity contribution in [2.75, 3.05) is 63.0 Å². The van der Waals surface area contributed by atoms with E-state index < -0.39 is 0 Å².